The van der Waals surface area contributed by atoms with Gasteiger partial charge in [0.15, 0.2) is 0 Å². The Labute approximate surface area is 126 Å². The molecule has 21 heavy (non-hydrogen) atoms. The van der Waals surface area contributed by atoms with Gasteiger partial charge in [-0.05, 0) is 25.1 Å². The highest BCUT2D eigenvalue weighted by Gasteiger charge is 2.28. The molecule has 0 unspecified atom stereocenters. The number of methoxy groups -OCH3 is 1. The molecule has 1 N–H and O–H groups in total. The molecule has 106 valence electrons. The third-order valence-corrected chi connectivity index (χ3v) is 3.71. The highest BCUT2D eigenvalue weighted by Crippen LogP contribution is 2.20. The molecule has 1 aliphatic rings. The van der Waals surface area contributed by atoms with Crippen molar-refractivity contribution in [1.29, 1.82) is 0 Å². The number of fused-ring (bicyclic) bond motifs is 1. The number of pyridine rings is 1. The first-order chi connectivity index (χ1) is 10.0. The van der Waals surface area contributed by atoms with Crippen molar-refractivity contribution in [2.75, 3.05) is 7.11 Å². The number of hydrogen-bond donors (Lipinski definition) is 1. The molecule has 0 atom stereocenters. The molecule has 1 aromatic carbocycles. The van der Waals surface area contributed by atoms with Gasteiger partial charge in [-0.15, -0.1) is 0 Å². The molecule has 0 aliphatic carbocycles. The predicted molar refractivity (Wildman–Crippen MR) is 82.5 cm³/mol. The Morgan fingerprint density at radius 1 is 1.24 bits per heavy atom. The minimum absolute atomic E-state index is 0.177. The molecule has 0 spiro atoms. The number of amides is 1. The zero-order valence-electron chi connectivity index (χ0n) is 11.5. The predicted octanol–water partition coefficient (Wildman–Crippen LogP) is 1.57. The van der Waals surface area contributed by atoms with Crippen molar-refractivity contribution >= 4 is 23.1 Å². The summed E-state index contributed by atoms with van der Waals surface area (Å²) in [5.74, 6) is 0.323. The Morgan fingerprint density at radius 2 is 2.00 bits per heavy atom. The number of carbonyl (C=O) groups excluding carboxylic acids is 1. The standard InChI is InChI=1S/C15H12N2O3S/c1-8-6-11-12(14(21)16-13(11)18)15(19)17(8)9-4-3-5-10(7-9)20-2/h3-7H,1-2H3,(H,16,18,21). The number of aryl methyl sites for hydroxylation is 1. The van der Waals surface area contributed by atoms with E-state index in [1.54, 1.807) is 44.4 Å². The van der Waals surface area contributed by atoms with Crippen molar-refractivity contribution in [2.45, 2.75) is 6.92 Å². The summed E-state index contributed by atoms with van der Waals surface area (Å²) in [6.45, 7) is 1.77. The van der Waals surface area contributed by atoms with Gasteiger partial charge in [-0.2, -0.15) is 0 Å². The Balaban J connectivity index is 2.30. The summed E-state index contributed by atoms with van der Waals surface area (Å²) in [5, 5.41) is 2.51. The first kappa shape index (κ1) is 13.5. The van der Waals surface area contributed by atoms with E-state index >= 15 is 0 Å². The maximum atomic E-state index is 12.7. The second-order valence-electron chi connectivity index (χ2n) is 4.70. The summed E-state index contributed by atoms with van der Waals surface area (Å²) in [6, 6.07) is 8.83. The van der Waals surface area contributed by atoms with Crippen LogP contribution in [-0.2, 0) is 0 Å². The normalized spacial score (nSPS) is 13.0. The number of hydrogen-bond acceptors (Lipinski definition) is 4. The molecule has 0 fully saturated rings. The van der Waals surface area contributed by atoms with Crippen LogP contribution in [0.3, 0.4) is 0 Å². The summed E-state index contributed by atoms with van der Waals surface area (Å²) in [5.41, 5.74) is 1.61. The lowest BCUT2D eigenvalue weighted by molar-refractivity contribution is 0.0983. The Morgan fingerprint density at radius 3 is 2.71 bits per heavy atom. The van der Waals surface area contributed by atoms with Gasteiger partial charge in [0.1, 0.15) is 10.7 Å². The molecule has 2 aromatic rings. The molecule has 1 aromatic heterocycles. The lowest BCUT2D eigenvalue weighted by atomic mass is 10.1. The third kappa shape index (κ3) is 2.04. The Kier molecular flexibility index (Phi) is 3.10. The lowest BCUT2D eigenvalue weighted by Gasteiger charge is -2.12. The summed E-state index contributed by atoms with van der Waals surface area (Å²) >= 11 is 5.07. The van der Waals surface area contributed by atoms with Crippen LogP contribution in [0.2, 0.25) is 0 Å². The fraction of sp³-hybridized carbons (Fsp3) is 0.133. The van der Waals surface area contributed by atoms with Crippen molar-refractivity contribution in [3.8, 4) is 11.4 Å². The first-order valence-corrected chi connectivity index (χ1v) is 6.70. The van der Waals surface area contributed by atoms with E-state index in [2.05, 4.69) is 5.32 Å². The van der Waals surface area contributed by atoms with Crippen LogP contribution >= 0.6 is 12.2 Å². The van der Waals surface area contributed by atoms with E-state index in [4.69, 9.17) is 17.0 Å². The Bertz CT molecular complexity index is 839. The van der Waals surface area contributed by atoms with Crippen LogP contribution in [0.4, 0.5) is 0 Å². The molecule has 1 aliphatic heterocycles. The van der Waals surface area contributed by atoms with Gasteiger partial charge >= 0.3 is 0 Å². The largest absolute Gasteiger partial charge is 0.497 e. The van der Waals surface area contributed by atoms with Crippen LogP contribution < -0.4 is 15.6 Å². The summed E-state index contributed by atoms with van der Waals surface area (Å²) < 4.78 is 6.70. The van der Waals surface area contributed by atoms with Crippen molar-refractivity contribution in [1.82, 2.24) is 9.88 Å². The van der Waals surface area contributed by atoms with Gasteiger partial charge in [0, 0.05) is 11.8 Å². The maximum Gasteiger partial charge on any atom is 0.266 e. The van der Waals surface area contributed by atoms with Crippen molar-refractivity contribution < 1.29 is 9.53 Å². The number of rotatable bonds is 2. The van der Waals surface area contributed by atoms with Crippen molar-refractivity contribution in [2.24, 2.45) is 0 Å². The number of ether oxygens (including phenoxy) is 1. The molecule has 5 nitrogen and oxygen atoms in total. The van der Waals surface area contributed by atoms with Crippen molar-refractivity contribution in [3.63, 3.8) is 0 Å². The fourth-order valence-corrected chi connectivity index (χ4v) is 2.72. The van der Waals surface area contributed by atoms with E-state index in [0.717, 1.165) is 0 Å². The fourth-order valence-electron chi connectivity index (χ4n) is 2.43. The van der Waals surface area contributed by atoms with Gasteiger partial charge in [-0.25, -0.2) is 0 Å². The van der Waals surface area contributed by atoms with E-state index < -0.39 is 0 Å². The first-order valence-electron chi connectivity index (χ1n) is 6.29. The van der Waals surface area contributed by atoms with Gasteiger partial charge in [0.2, 0.25) is 0 Å². The van der Waals surface area contributed by atoms with Gasteiger partial charge in [-0.3, -0.25) is 14.2 Å². The third-order valence-electron chi connectivity index (χ3n) is 3.40. The Hall–Kier alpha value is -2.47. The van der Waals surface area contributed by atoms with Crippen molar-refractivity contribution in [3.05, 3.63) is 57.5 Å². The molecule has 0 saturated heterocycles. The molecule has 0 bridgehead atoms. The minimum Gasteiger partial charge on any atom is -0.497 e. The molecule has 3 rings (SSSR count). The van der Waals surface area contributed by atoms with Gasteiger partial charge in [0.25, 0.3) is 11.5 Å². The number of nitrogens with zero attached hydrogens (tertiary/aromatic N) is 1. The molecule has 6 heteroatoms. The van der Waals surface area contributed by atoms with Gasteiger partial charge in [0.05, 0.1) is 23.9 Å². The van der Waals surface area contributed by atoms with Crippen LogP contribution in [0.5, 0.6) is 5.75 Å². The van der Waals surface area contributed by atoms with Crippen LogP contribution in [0.1, 0.15) is 21.6 Å². The average molecular weight is 300 g/mol. The number of aromatic nitrogens is 1. The summed E-state index contributed by atoms with van der Waals surface area (Å²) in [4.78, 5) is 24.6. The van der Waals surface area contributed by atoms with Gasteiger partial charge < -0.3 is 10.1 Å². The lowest BCUT2D eigenvalue weighted by Crippen LogP contribution is -2.27. The van der Waals surface area contributed by atoms with Crippen LogP contribution in [0.25, 0.3) is 5.69 Å². The topological polar surface area (TPSA) is 60.3 Å². The molecular formula is C15H12N2O3S. The molecule has 2 heterocycles. The van der Waals surface area contributed by atoms with Crippen LogP contribution in [0, 0.1) is 6.92 Å². The molecular weight excluding hydrogens is 288 g/mol. The second-order valence-corrected chi connectivity index (χ2v) is 5.11. The monoisotopic (exact) mass is 300 g/mol. The van der Waals surface area contributed by atoms with E-state index in [9.17, 15) is 9.59 Å². The zero-order chi connectivity index (χ0) is 15.1. The average Bonchev–Trinajstić information content (AvgIpc) is 2.74. The number of carbonyl (C=O) groups is 1. The quantitative estimate of drug-likeness (QED) is 0.855. The molecule has 0 saturated carbocycles. The highest BCUT2D eigenvalue weighted by molar-refractivity contribution is 7.80. The number of nitrogens with one attached hydrogen (secondary N) is 1. The van der Waals surface area contributed by atoms with E-state index in [1.807, 2.05) is 0 Å². The summed E-state index contributed by atoms with van der Waals surface area (Å²) in [7, 11) is 1.56. The maximum absolute atomic E-state index is 12.7. The molecule has 1 amide bonds. The molecule has 0 radical (unpaired) electrons. The smallest absolute Gasteiger partial charge is 0.266 e. The number of thiocarbonyl (C=S) groups is 1. The van der Waals surface area contributed by atoms with E-state index in [1.165, 1.54) is 4.57 Å². The minimum atomic E-state index is -0.326. The van der Waals surface area contributed by atoms with E-state index in [0.29, 0.717) is 22.7 Å². The number of benzene rings is 1. The zero-order valence-corrected chi connectivity index (χ0v) is 12.3. The second kappa shape index (κ2) is 4.82. The SMILES string of the molecule is COc1cccc(-n2c(C)cc3c(c2=O)C(=S)NC3=O)c1. The summed E-state index contributed by atoms with van der Waals surface area (Å²) in [6.07, 6.45) is 0. The van der Waals surface area contributed by atoms with Crippen LogP contribution in [0.15, 0.2) is 35.1 Å². The van der Waals surface area contributed by atoms with Gasteiger partial charge in [-0.1, -0.05) is 18.3 Å². The van der Waals surface area contributed by atoms with E-state index in [-0.39, 0.29) is 22.0 Å². The van der Waals surface area contributed by atoms with Crippen LogP contribution in [-0.4, -0.2) is 22.6 Å². The highest BCUT2D eigenvalue weighted by atomic mass is 32.1.